The van der Waals surface area contributed by atoms with Gasteiger partial charge in [-0.25, -0.2) is 0 Å². The van der Waals surface area contributed by atoms with Crippen molar-refractivity contribution >= 4 is 5.78 Å². The number of piperidine rings is 1. The van der Waals surface area contributed by atoms with E-state index >= 15 is 0 Å². The maximum absolute atomic E-state index is 11.9. The highest BCUT2D eigenvalue weighted by Crippen LogP contribution is 2.27. The molecule has 0 aromatic heterocycles. The lowest BCUT2D eigenvalue weighted by atomic mass is 9.86. The number of hydrogen-bond acceptors (Lipinski definition) is 2. The van der Waals surface area contributed by atoms with E-state index in [0.717, 1.165) is 44.2 Å². The van der Waals surface area contributed by atoms with Gasteiger partial charge in [-0.1, -0.05) is 20.3 Å². The van der Waals surface area contributed by atoms with Gasteiger partial charge in [0.25, 0.3) is 0 Å². The zero-order chi connectivity index (χ0) is 10.8. The summed E-state index contributed by atoms with van der Waals surface area (Å²) in [5.41, 5.74) is 0. The molecule has 1 saturated carbocycles. The first kappa shape index (κ1) is 11.1. The Balaban J connectivity index is 1.99. The van der Waals surface area contributed by atoms with Gasteiger partial charge in [-0.3, -0.25) is 9.69 Å². The molecule has 0 aromatic carbocycles. The van der Waals surface area contributed by atoms with E-state index in [2.05, 4.69) is 18.7 Å². The van der Waals surface area contributed by atoms with Gasteiger partial charge in [0, 0.05) is 19.5 Å². The number of carbonyl (C=O) groups is 1. The molecule has 0 spiro atoms. The van der Waals surface area contributed by atoms with Crippen molar-refractivity contribution in [3.63, 3.8) is 0 Å². The topological polar surface area (TPSA) is 20.3 Å². The number of rotatable bonds is 1. The predicted octanol–water partition coefficient (Wildman–Crippen LogP) is 2.48. The molecule has 2 aliphatic rings. The van der Waals surface area contributed by atoms with Crippen molar-refractivity contribution in [1.82, 2.24) is 4.90 Å². The Morgan fingerprint density at radius 3 is 2.40 bits per heavy atom. The Bertz CT molecular complexity index is 229. The minimum atomic E-state index is 0.268. The second-order valence-electron chi connectivity index (χ2n) is 5.63. The zero-order valence-corrected chi connectivity index (χ0v) is 10.0. The molecule has 0 bridgehead atoms. The van der Waals surface area contributed by atoms with Gasteiger partial charge < -0.3 is 0 Å². The second-order valence-corrected chi connectivity index (χ2v) is 5.63. The molecule has 3 atom stereocenters. The van der Waals surface area contributed by atoms with E-state index in [4.69, 9.17) is 0 Å². The van der Waals surface area contributed by atoms with Crippen molar-refractivity contribution in [2.75, 3.05) is 13.1 Å². The third kappa shape index (κ3) is 2.60. The van der Waals surface area contributed by atoms with Gasteiger partial charge in [0.2, 0.25) is 0 Å². The summed E-state index contributed by atoms with van der Waals surface area (Å²) in [5.74, 6) is 2.04. The van der Waals surface area contributed by atoms with Crippen molar-refractivity contribution < 1.29 is 4.79 Å². The van der Waals surface area contributed by atoms with Gasteiger partial charge in [-0.2, -0.15) is 0 Å². The average Bonchev–Trinajstić information content (AvgIpc) is 2.16. The van der Waals surface area contributed by atoms with E-state index in [9.17, 15) is 4.79 Å². The lowest BCUT2D eigenvalue weighted by molar-refractivity contribution is -0.127. The molecular weight excluding hydrogens is 186 g/mol. The third-order valence-electron chi connectivity index (χ3n) is 3.86. The molecule has 2 fully saturated rings. The van der Waals surface area contributed by atoms with Crippen molar-refractivity contribution in [3.05, 3.63) is 0 Å². The smallest absolute Gasteiger partial charge is 0.149 e. The van der Waals surface area contributed by atoms with Crippen molar-refractivity contribution in [1.29, 1.82) is 0 Å². The van der Waals surface area contributed by atoms with Crippen LogP contribution in [0.1, 0.15) is 46.0 Å². The molecule has 0 aromatic rings. The molecule has 1 aliphatic heterocycles. The Morgan fingerprint density at radius 1 is 1.13 bits per heavy atom. The molecule has 0 radical (unpaired) electrons. The van der Waals surface area contributed by atoms with Gasteiger partial charge >= 0.3 is 0 Å². The van der Waals surface area contributed by atoms with Gasteiger partial charge in [-0.15, -0.1) is 0 Å². The Kier molecular flexibility index (Phi) is 3.45. The minimum absolute atomic E-state index is 0.268. The molecule has 0 unspecified atom stereocenters. The maximum atomic E-state index is 11.9. The van der Waals surface area contributed by atoms with Crippen LogP contribution in [0.25, 0.3) is 0 Å². The molecule has 2 nitrogen and oxygen atoms in total. The van der Waals surface area contributed by atoms with Crippen LogP contribution >= 0.6 is 0 Å². The van der Waals surface area contributed by atoms with Crippen LogP contribution in [-0.2, 0) is 4.79 Å². The lowest BCUT2D eigenvalue weighted by Crippen LogP contribution is -2.49. The van der Waals surface area contributed by atoms with Crippen LogP contribution in [0.2, 0.25) is 0 Å². The van der Waals surface area contributed by atoms with Crippen molar-refractivity contribution in [3.8, 4) is 0 Å². The fourth-order valence-corrected chi connectivity index (χ4v) is 3.32. The predicted molar refractivity (Wildman–Crippen MR) is 61.8 cm³/mol. The van der Waals surface area contributed by atoms with Crippen LogP contribution in [-0.4, -0.2) is 29.8 Å². The van der Waals surface area contributed by atoms with Crippen molar-refractivity contribution in [2.24, 2.45) is 11.8 Å². The molecule has 0 N–H and O–H groups in total. The summed E-state index contributed by atoms with van der Waals surface area (Å²) in [4.78, 5) is 14.3. The Morgan fingerprint density at radius 2 is 1.80 bits per heavy atom. The molecule has 0 amide bonds. The molecule has 2 rings (SSSR count). The van der Waals surface area contributed by atoms with Gasteiger partial charge in [0.1, 0.15) is 5.78 Å². The molecule has 15 heavy (non-hydrogen) atoms. The Hall–Kier alpha value is -0.370. The summed E-state index contributed by atoms with van der Waals surface area (Å²) in [5, 5.41) is 0. The molecule has 2 heteroatoms. The summed E-state index contributed by atoms with van der Waals surface area (Å²) in [6.45, 7) is 6.91. The normalized spacial score (nSPS) is 39.3. The molecular formula is C13H23NO. The number of likely N-dealkylation sites (tertiary alicyclic amines) is 1. The van der Waals surface area contributed by atoms with E-state index < -0.39 is 0 Å². The van der Waals surface area contributed by atoms with E-state index in [-0.39, 0.29) is 6.04 Å². The summed E-state index contributed by atoms with van der Waals surface area (Å²) in [6, 6.07) is 0.268. The number of nitrogens with zero attached hydrogens (tertiary/aromatic N) is 1. The third-order valence-corrected chi connectivity index (χ3v) is 3.86. The zero-order valence-electron chi connectivity index (χ0n) is 10.0. The maximum Gasteiger partial charge on any atom is 0.149 e. The standard InChI is InChI=1S/C13H23NO/c1-10-7-11(2)9-14(8-10)12-5-3-4-6-13(12)15/h10-12H,3-9H2,1-2H3/t10-,11-,12+/m1/s1. The largest absolute Gasteiger partial charge is 0.298 e. The van der Waals surface area contributed by atoms with Crippen LogP contribution in [0, 0.1) is 11.8 Å². The van der Waals surface area contributed by atoms with Crippen LogP contribution in [0.3, 0.4) is 0 Å². The lowest BCUT2D eigenvalue weighted by Gasteiger charge is -2.40. The van der Waals surface area contributed by atoms with Gasteiger partial charge in [0.05, 0.1) is 6.04 Å². The first-order valence-corrected chi connectivity index (χ1v) is 6.43. The van der Waals surface area contributed by atoms with Crippen LogP contribution in [0.5, 0.6) is 0 Å². The highest BCUT2D eigenvalue weighted by molar-refractivity contribution is 5.84. The fraction of sp³-hybridized carbons (Fsp3) is 0.923. The number of Topliss-reactive ketones (excluding diaryl/α,β-unsaturated/α-hetero) is 1. The molecule has 1 heterocycles. The SMILES string of the molecule is C[C@@H]1C[C@@H](C)CN([C@H]2CCCCC2=O)C1. The van der Waals surface area contributed by atoms with E-state index in [1.807, 2.05) is 0 Å². The van der Waals surface area contributed by atoms with Gasteiger partial charge in [-0.05, 0) is 31.1 Å². The van der Waals surface area contributed by atoms with Crippen LogP contribution in [0.15, 0.2) is 0 Å². The van der Waals surface area contributed by atoms with Crippen LogP contribution in [0.4, 0.5) is 0 Å². The summed E-state index contributed by atoms with van der Waals surface area (Å²) >= 11 is 0. The highest BCUT2D eigenvalue weighted by Gasteiger charge is 2.32. The minimum Gasteiger partial charge on any atom is -0.298 e. The van der Waals surface area contributed by atoms with E-state index in [1.54, 1.807) is 0 Å². The summed E-state index contributed by atoms with van der Waals surface area (Å²) in [7, 11) is 0. The monoisotopic (exact) mass is 209 g/mol. The average molecular weight is 209 g/mol. The van der Waals surface area contributed by atoms with E-state index in [1.165, 1.54) is 12.8 Å². The first-order chi connectivity index (χ1) is 7.16. The quantitative estimate of drug-likeness (QED) is 0.661. The number of hydrogen-bond donors (Lipinski definition) is 0. The van der Waals surface area contributed by atoms with Crippen LogP contribution < -0.4 is 0 Å². The molecule has 86 valence electrons. The second kappa shape index (κ2) is 4.65. The van der Waals surface area contributed by atoms with E-state index in [0.29, 0.717) is 5.78 Å². The van der Waals surface area contributed by atoms with Gasteiger partial charge in [0.15, 0.2) is 0 Å². The fourth-order valence-electron chi connectivity index (χ4n) is 3.32. The van der Waals surface area contributed by atoms with Crippen molar-refractivity contribution in [2.45, 2.75) is 52.0 Å². The number of carbonyl (C=O) groups excluding carboxylic acids is 1. The first-order valence-electron chi connectivity index (χ1n) is 6.43. The molecule has 1 aliphatic carbocycles. The number of ketones is 1. The Labute approximate surface area is 93.0 Å². The highest BCUT2D eigenvalue weighted by atomic mass is 16.1. The summed E-state index contributed by atoms with van der Waals surface area (Å²) < 4.78 is 0. The summed E-state index contributed by atoms with van der Waals surface area (Å²) in [6.07, 6.45) is 5.63. The molecule has 1 saturated heterocycles.